The molecule has 0 unspecified atom stereocenters. The van der Waals surface area contributed by atoms with Crippen LogP contribution in [-0.2, 0) is 5.75 Å². The first-order valence-electron chi connectivity index (χ1n) is 4.26. The molecule has 3 heteroatoms. The quantitative estimate of drug-likeness (QED) is 0.836. The number of halogens is 1. The molecular weight excluding hydrogens is 202 g/mol. The Bertz CT molecular complexity index is 246. The van der Waals surface area contributed by atoms with Crippen molar-refractivity contribution in [2.45, 2.75) is 18.7 Å². The molecule has 1 aromatic rings. The van der Waals surface area contributed by atoms with Gasteiger partial charge in [-0.15, -0.1) is 0 Å². The molecule has 0 saturated carbocycles. The number of hydrogen-bond acceptors (Lipinski definition) is 2. The Balaban J connectivity index is 2.33. The Morgan fingerprint density at radius 2 is 2.00 bits per heavy atom. The largest absolute Gasteiger partial charge is 0.327 e. The predicted molar refractivity (Wildman–Crippen MR) is 61.3 cm³/mol. The lowest BCUT2D eigenvalue weighted by Crippen LogP contribution is -2.17. The fourth-order valence-corrected chi connectivity index (χ4v) is 1.99. The predicted octanol–water partition coefficient (Wildman–Crippen LogP) is 2.92. The molecule has 0 aliphatic heterocycles. The third kappa shape index (κ3) is 4.55. The smallest absolute Gasteiger partial charge is 0.0406 e. The molecule has 0 heterocycles. The van der Waals surface area contributed by atoms with E-state index >= 15 is 0 Å². The van der Waals surface area contributed by atoms with Gasteiger partial charge >= 0.3 is 0 Å². The Hall–Kier alpha value is -0.180. The van der Waals surface area contributed by atoms with Crippen molar-refractivity contribution in [3.8, 4) is 0 Å². The van der Waals surface area contributed by atoms with Gasteiger partial charge in [0, 0.05) is 22.6 Å². The van der Waals surface area contributed by atoms with Gasteiger partial charge in [0.15, 0.2) is 0 Å². The molecule has 0 aromatic heterocycles. The van der Waals surface area contributed by atoms with Gasteiger partial charge in [-0.2, -0.15) is 11.8 Å². The molecule has 0 spiro atoms. The first-order chi connectivity index (χ1) is 6.18. The van der Waals surface area contributed by atoms with E-state index in [0.29, 0.717) is 0 Å². The monoisotopic (exact) mass is 215 g/mol. The number of nitrogens with two attached hydrogens (primary N) is 1. The van der Waals surface area contributed by atoms with Crippen LogP contribution in [0, 0.1) is 0 Å². The molecule has 0 radical (unpaired) electrons. The van der Waals surface area contributed by atoms with Crippen LogP contribution in [0.1, 0.15) is 12.5 Å². The second kappa shape index (κ2) is 5.53. The standard InChI is InChI=1S/C10H14ClNS/c1-8(12)6-13-7-9-2-4-10(11)5-3-9/h2-5,8H,6-7,12H2,1H3/t8-/m1/s1. The van der Waals surface area contributed by atoms with Gasteiger partial charge in [0.05, 0.1) is 0 Å². The first kappa shape index (κ1) is 10.9. The summed E-state index contributed by atoms with van der Waals surface area (Å²) >= 11 is 7.62. The lowest BCUT2D eigenvalue weighted by Gasteiger charge is -2.04. The number of rotatable bonds is 4. The second-order valence-electron chi connectivity index (χ2n) is 3.12. The minimum atomic E-state index is 0.275. The van der Waals surface area contributed by atoms with Gasteiger partial charge in [-0.05, 0) is 24.6 Å². The van der Waals surface area contributed by atoms with Crippen LogP contribution in [0.2, 0.25) is 5.02 Å². The van der Waals surface area contributed by atoms with Crippen molar-refractivity contribution in [3.05, 3.63) is 34.9 Å². The summed E-state index contributed by atoms with van der Waals surface area (Å²) < 4.78 is 0. The van der Waals surface area contributed by atoms with Gasteiger partial charge in [0.1, 0.15) is 0 Å². The van der Waals surface area contributed by atoms with E-state index in [1.165, 1.54) is 5.56 Å². The van der Waals surface area contributed by atoms with Crippen molar-refractivity contribution in [3.63, 3.8) is 0 Å². The molecule has 0 aliphatic carbocycles. The second-order valence-corrected chi connectivity index (χ2v) is 4.59. The average molecular weight is 216 g/mol. The van der Waals surface area contributed by atoms with E-state index in [2.05, 4.69) is 12.1 Å². The SMILES string of the molecule is C[C@@H](N)CSCc1ccc(Cl)cc1. The van der Waals surface area contributed by atoms with Crippen LogP contribution in [0.4, 0.5) is 0 Å². The lowest BCUT2D eigenvalue weighted by molar-refractivity contribution is 0.847. The molecule has 13 heavy (non-hydrogen) atoms. The molecule has 0 saturated heterocycles. The lowest BCUT2D eigenvalue weighted by atomic mass is 10.2. The topological polar surface area (TPSA) is 26.0 Å². The normalized spacial score (nSPS) is 12.8. The molecular formula is C10H14ClNS. The summed E-state index contributed by atoms with van der Waals surface area (Å²) in [5.41, 5.74) is 6.94. The first-order valence-corrected chi connectivity index (χ1v) is 5.79. The van der Waals surface area contributed by atoms with E-state index in [1.807, 2.05) is 30.8 Å². The number of benzene rings is 1. The Kier molecular flexibility index (Phi) is 4.64. The highest BCUT2D eigenvalue weighted by Crippen LogP contribution is 2.15. The maximum atomic E-state index is 5.77. The summed E-state index contributed by atoms with van der Waals surface area (Å²) in [5, 5.41) is 0.793. The zero-order valence-electron chi connectivity index (χ0n) is 7.66. The fraction of sp³-hybridized carbons (Fsp3) is 0.400. The molecule has 1 nitrogen and oxygen atoms in total. The molecule has 2 N–H and O–H groups in total. The number of thioether (sulfide) groups is 1. The van der Waals surface area contributed by atoms with Gasteiger partial charge in [-0.1, -0.05) is 23.7 Å². The maximum Gasteiger partial charge on any atom is 0.0406 e. The molecule has 0 amide bonds. The Labute approximate surface area is 88.7 Å². The van der Waals surface area contributed by atoms with E-state index in [9.17, 15) is 0 Å². The Morgan fingerprint density at radius 3 is 2.54 bits per heavy atom. The van der Waals surface area contributed by atoms with Gasteiger partial charge in [0.2, 0.25) is 0 Å². The number of hydrogen-bond donors (Lipinski definition) is 1. The van der Waals surface area contributed by atoms with Crippen molar-refractivity contribution < 1.29 is 0 Å². The summed E-state index contributed by atoms with van der Waals surface area (Å²) in [6.45, 7) is 2.02. The van der Waals surface area contributed by atoms with E-state index in [1.54, 1.807) is 0 Å². The molecule has 72 valence electrons. The molecule has 1 aromatic carbocycles. The minimum absolute atomic E-state index is 0.275. The highest BCUT2D eigenvalue weighted by atomic mass is 35.5. The molecule has 1 atom stereocenters. The summed E-state index contributed by atoms with van der Waals surface area (Å²) in [7, 11) is 0. The zero-order chi connectivity index (χ0) is 9.68. The van der Waals surface area contributed by atoms with E-state index < -0.39 is 0 Å². The highest BCUT2D eigenvalue weighted by Gasteiger charge is 1.96. The molecule has 0 bridgehead atoms. The summed E-state index contributed by atoms with van der Waals surface area (Å²) in [6.07, 6.45) is 0. The van der Waals surface area contributed by atoms with Crippen molar-refractivity contribution in [2.75, 3.05) is 5.75 Å². The maximum absolute atomic E-state index is 5.77. The summed E-state index contributed by atoms with van der Waals surface area (Å²) in [6, 6.07) is 8.22. The van der Waals surface area contributed by atoms with Gasteiger partial charge in [0.25, 0.3) is 0 Å². The third-order valence-corrected chi connectivity index (χ3v) is 3.11. The van der Waals surface area contributed by atoms with Crippen LogP contribution in [0.5, 0.6) is 0 Å². The van der Waals surface area contributed by atoms with Gasteiger partial charge in [-0.3, -0.25) is 0 Å². The fourth-order valence-electron chi connectivity index (χ4n) is 0.943. The zero-order valence-corrected chi connectivity index (χ0v) is 9.24. The summed E-state index contributed by atoms with van der Waals surface area (Å²) in [4.78, 5) is 0. The van der Waals surface area contributed by atoms with Crippen molar-refractivity contribution in [1.82, 2.24) is 0 Å². The third-order valence-electron chi connectivity index (χ3n) is 1.56. The van der Waals surface area contributed by atoms with Crippen LogP contribution >= 0.6 is 23.4 Å². The molecule has 0 fully saturated rings. The van der Waals surface area contributed by atoms with E-state index in [-0.39, 0.29) is 6.04 Å². The highest BCUT2D eigenvalue weighted by molar-refractivity contribution is 7.98. The average Bonchev–Trinajstić information content (AvgIpc) is 2.08. The van der Waals surface area contributed by atoms with Gasteiger partial charge < -0.3 is 5.73 Å². The Morgan fingerprint density at radius 1 is 1.38 bits per heavy atom. The van der Waals surface area contributed by atoms with Crippen LogP contribution in [0.25, 0.3) is 0 Å². The van der Waals surface area contributed by atoms with E-state index in [4.69, 9.17) is 17.3 Å². The van der Waals surface area contributed by atoms with E-state index in [0.717, 1.165) is 16.5 Å². The van der Waals surface area contributed by atoms with Crippen molar-refractivity contribution >= 4 is 23.4 Å². The van der Waals surface area contributed by atoms with Crippen LogP contribution < -0.4 is 5.73 Å². The summed E-state index contributed by atoms with van der Waals surface area (Å²) in [5.74, 6) is 2.02. The molecule has 0 aliphatic rings. The van der Waals surface area contributed by atoms with Crippen LogP contribution in [0.3, 0.4) is 0 Å². The van der Waals surface area contributed by atoms with Crippen LogP contribution in [0.15, 0.2) is 24.3 Å². The minimum Gasteiger partial charge on any atom is -0.327 e. The van der Waals surface area contributed by atoms with Crippen molar-refractivity contribution in [2.24, 2.45) is 5.73 Å². The van der Waals surface area contributed by atoms with Gasteiger partial charge in [-0.25, -0.2) is 0 Å². The van der Waals surface area contributed by atoms with Crippen molar-refractivity contribution in [1.29, 1.82) is 0 Å². The molecule has 1 rings (SSSR count). The van der Waals surface area contributed by atoms with Crippen LogP contribution in [-0.4, -0.2) is 11.8 Å².